The minimum atomic E-state index is -0.935. The molecule has 0 radical (unpaired) electrons. The summed E-state index contributed by atoms with van der Waals surface area (Å²) in [5, 5.41) is 18.7. The molecule has 4 heteroatoms. The first-order valence-corrected chi connectivity index (χ1v) is 4.98. The fraction of sp³-hybridized carbons (Fsp3) is 0.900. The Kier molecular flexibility index (Phi) is 3.29. The van der Waals surface area contributed by atoms with E-state index in [1.807, 2.05) is 18.7 Å². The molecule has 0 aliphatic carbocycles. The van der Waals surface area contributed by atoms with Crippen LogP contribution >= 0.6 is 0 Å². The summed E-state index contributed by atoms with van der Waals surface area (Å²) in [7, 11) is 0. The molecule has 14 heavy (non-hydrogen) atoms. The highest BCUT2D eigenvalue weighted by Crippen LogP contribution is 2.25. The molecule has 1 aliphatic heterocycles. The first kappa shape index (κ1) is 11.6. The van der Waals surface area contributed by atoms with E-state index in [4.69, 9.17) is 5.11 Å². The van der Waals surface area contributed by atoms with Crippen LogP contribution in [0.15, 0.2) is 0 Å². The largest absolute Gasteiger partial charge is 0.393 e. The Morgan fingerprint density at radius 1 is 1.43 bits per heavy atom. The third-order valence-corrected chi connectivity index (χ3v) is 3.09. The van der Waals surface area contributed by atoms with Gasteiger partial charge in [-0.1, -0.05) is 0 Å². The molecule has 0 amide bonds. The SMILES string of the molecule is CC(C)(C=O)N1CCC(O)(CO)CC1. The minimum absolute atomic E-state index is 0.192. The zero-order valence-electron chi connectivity index (χ0n) is 8.86. The van der Waals surface area contributed by atoms with Crippen LogP contribution in [0.3, 0.4) is 0 Å². The molecule has 0 spiro atoms. The van der Waals surface area contributed by atoms with E-state index in [1.165, 1.54) is 0 Å². The molecule has 0 bridgehead atoms. The van der Waals surface area contributed by atoms with Gasteiger partial charge >= 0.3 is 0 Å². The first-order chi connectivity index (χ1) is 6.43. The number of hydrogen-bond acceptors (Lipinski definition) is 4. The van der Waals surface area contributed by atoms with E-state index < -0.39 is 11.1 Å². The fourth-order valence-electron chi connectivity index (χ4n) is 1.73. The third-order valence-electron chi connectivity index (χ3n) is 3.09. The van der Waals surface area contributed by atoms with Crippen molar-refractivity contribution < 1.29 is 15.0 Å². The van der Waals surface area contributed by atoms with Gasteiger partial charge in [0.1, 0.15) is 6.29 Å². The van der Waals surface area contributed by atoms with Gasteiger partial charge in [-0.15, -0.1) is 0 Å². The highest BCUT2D eigenvalue weighted by atomic mass is 16.3. The normalized spacial score (nSPS) is 23.4. The fourth-order valence-corrected chi connectivity index (χ4v) is 1.73. The van der Waals surface area contributed by atoms with Gasteiger partial charge in [-0.25, -0.2) is 0 Å². The molecule has 1 aliphatic rings. The summed E-state index contributed by atoms with van der Waals surface area (Å²) in [6.45, 7) is 4.85. The van der Waals surface area contributed by atoms with Crippen LogP contribution in [0, 0.1) is 0 Å². The van der Waals surface area contributed by atoms with Crippen molar-refractivity contribution in [2.24, 2.45) is 0 Å². The third kappa shape index (κ3) is 2.32. The van der Waals surface area contributed by atoms with Gasteiger partial charge in [0.05, 0.1) is 17.7 Å². The molecule has 1 fully saturated rings. The van der Waals surface area contributed by atoms with E-state index in [9.17, 15) is 9.90 Å². The van der Waals surface area contributed by atoms with Crippen LogP contribution in [0.1, 0.15) is 26.7 Å². The summed E-state index contributed by atoms with van der Waals surface area (Å²) in [5.74, 6) is 0. The second kappa shape index (κ2) is 3.96. The monoisotopic (exact) mass is 201 g/mol. The maximum Gasteiger partial charge on any atom is 0.139 e. The number of rotatable bonds is 3. The molecule has 4 nitrogen and oxygen atoms in total. The van der Waals surface area contributed by atoms with E-state index in [0.717, 1.165) is 6.29 Å². The Morgan fingerprint density at radius 2 is 1.93 bits per heavy atom. The van der Waals surface area contributed by atoms with Gasteiger partial charge in [0.2, 0.25) is 0 Å². The van der Waals surface area contributed by atoms with Crippen LogP contribution in [0.4, 0.5) is 0 Å². The molecule has 1 rings (SSSR count). The van der Waals surface area contributed by atoms with Crippen molar-refractivity contribution in [2.45, 2.75) is 37.8 Å². The number of aliphatic hydroxyl groups is 2. The number of carbonyl (C=O) groups is 1. The van der Waals surface area contributed by atoms with E-state index in [0.29, 0.717) is 25.9 Å². The van der Waals surface area contributed by atoms with Gasteiger partial charge in [-0.05, 0) is 26.7 Å². The zero-order valence-corrected chi connectivity index (χ0v) is 8.86. The van der Waals surface area contributed by atoms with Crippen LogP contribution in [-0.4, -0.2) is 52.2 Å². The lowest BCUT2D eigenvalue weighted by Crippen LogP contribution is -2.54. The average molecular weight is 201 g/mol. The number of hydrogen-bond donors (Lipinski definition) is 2. The maximum atomic E-state index is 10.8. The Balaban J connectivity index is 2.55. The maximum absolute atomic E-state index is 10.8. The molecule has 2 N–H and O–H groups in total. The lowest BCUT2D eigenvalue weighted by Gasteiger charge is -2.42. The van der Waals surface area contributed by atoms with Gasteiger partial charge in [0.25, 0.3) is 0 Å². The molecule has 0 aromatic rings. The van der Waals surface area contributed by atoms with Crippen LogP contribution in [0.5, 0.6) is 0 Å². The second-order valence-electron chi connectivity index (χ2n) is 4.64. The minimum Gasteiger partial charge on any atom is -0.393 e. The highest BCUT2D eigenvalue weighted by molar-refractivity contribution is 5.62. The van der Waals surface area contributed by atoms with E-state index >= 15 is 0 Å². The highest BCUT2D eigenvalue weighted by Gasteiger charge is 2.36. The van der Waals surface area contributed by atoms with Crippen LogP contribution in [0.2, 0.25) is 0 Å². The topological polar surface area (TPSA) is 60.8 Å². The summed E-state index contributed by atoms with van der Waals surface area (Å²) in [5.41, 5.74) is -1.40. The van der Waals surface area contributed by atoms with Gasteiger partial charge < -0.3 is 15.0 Å². The number of nitrogens with zero attached hydrogens (tertiary/aromatic N) is 1. The number of aldehydes is 1. The quantitative estimate of drug-likeness (QED) is 0.620. The van der Waals surface area contributed by atoms with Crippen molar-refractivity contribution in [1.82, 2.24) is 4.90 Å². The molecular formula is C10H19NO3. The molecular weight excluding hydrogens is 182 g/mol. The van der Waals surface area contributed by atoms with E-state index in [1.54, 1.807) is 0 Å². The molecule has 0 saturated carbocycles. The van der Waals surface area contributed by atoms with Crippen molar-refractivity contribution >= 4 is 6.29 Å². The number of carbonyl (C=O) groups excluding carboxylic acids is 1. The van der Waals surface area contributed by atoms with Crippen molar-refractivity contribution in [3.05, 3.63) is 0 Å². The van der Waals surface area contributed by atoms with Crippen molar-refractivity contribution in [1.29, 1.82) is 0 Å². The number of likely N-dealkylation sites (tertiary alicyclic amines) is 1. The van der Waals surface area contributed by atoms with Crippen molar-refractivity contribution in [2.75, 3.05) is 19.7 Å². The standard InChI is InChI=1S/C10H19NO3/c1-9(2,7-12)11-5-3-10(14,8-13)4-6-11/h7,13-14H,3-6,8H2,1-2H3. The molecule has 0 unspecified atom stereocenters. The lowest BCUT2D eigenvalue weighted by atomic mass is 9.89. The Hall–Kier alpha value is -0.450. The van der Waals surface area contributed by atoms with Gasteiger partial charge in [0, 0.05) is 13.1 Å². The molecule has 0 aromatic heterocycles. The van der Waals surface area contributed by atoms with E-state index in [2.05, 4.69) is 0 Å². The van der Waals surface area contributed by atoms with Crippen LogP contribution in [0.25, 0.3) is 0 Å². The molecule has 1 heterocycles. The summed E-state index contributed by atoms with van der Waals surface area (Å²) >= 11 is 0. The number of piperidine rings is 1. The number of aliphatic hydroxyl groups excluding tert-OH is 1. The van der Waals surface area contributed by atoms with Gasteiger partial charge in [-0.2, -0.15) is 0 Å². The molecule has 1 saturated heterocycles. The predicted octanol–water partition coefficient (Wildman–Crippen LogP) is -0.217. The Bertz CT molecular complexity index is 207. The van der Waals surface area contributed by atoms with Gasteiger partial charge in [-0.3, -0.25) is 4.90 Å². The van der Waals surface area contributed by atoms with Gasteiger partial charge in [0.15, 0.2) is 0 Å². The van der Waals surface area contributed by atoms with E-state index in [-0.39, 0.29) is 6.61 Å². The summed E-state index contributed by atoms with van der Waals surface area (Å²) < 4.78 is 0. The molecule has 82 valence electrons. The summed E-state index contributed by atoms with van der Waals surface area (Å²) in [6.07, 6.45) is 1.98. The zero-order chi connectivity index (χ0) is 10.8. The second-order valence-corrected chi connectivity index (χ2v) is 4.64. The Morgan fingerprint density at radius 3 is 2.29 bits per heavy atom. The summed E-state index contributed by atoms with van der Waals surface area (Å²) in [4.78, 5) is 12.8. The molecule has 0 atom stereocenters. The predicted molar refractivity (Wildman–Crippen MR) is 53.0 cm³/mol. The molecule has 0 aromatic carbocycles. The summed E-state index contributed by atoms with van der Waals surface area (Å²) in [6, 6.07) is 0. The van der Waals surface area contributed by atoms with Crippen molar-refractivity contribution in [3.8, 4) is 0 Å². The van der Waals surface area contributed by atoms with Crippen molar-refractivity contribution in [3.63, 3.8) is 0 Å². The smallest absolute Gasteiger partial charge is 0.139 e. The Labute approximate surface area is 84.5 Å². The lowest BCUT2D eigenvalue weighted by molar-refractivity contribution is -0.122. The van der Waals surface area contributed by atoms with Crippen LogP contribution in [-0.2, 0) is 4.79 Å². The average Bonchev–Trinajstić information content (AvgIpc) is 2.19. The first-order valence-electron chi connectivity index (χ1n) is 4.98. The van der Waals surface area contributed by atoms with Crippen LogP contribution < -0.4 is 0 Å².